The molecule has 0 fully saturated rings. The van der Waals surface area contributed by atoms with Crippen molar-refractivity contribution in [2.75, 3.05) is 10.7 Å². The van der Waals surface area contributed by atoms with Crippen LogP contribution in [0.2, 0.25) is 0 Å². The molecule has 0 atom stereocenters. The molecule has 1 aliphatic carbocycles. The summed E-state index contributed by atoms with van der Waals surface area (Å²) in [5.74, 6) is 0.812. The van der Waals surface area contributed by atoms with Gasteiger partial charge in [0.25, 0.3) is 11.6 Å². The van der Waals surface area contributed by atoms with Gasteiger partial charge in [-0.3, -0.25) is 30.4 Å². The molecule has 1 heterocycles. The van der Waals surface area contributed by atoms with Crippen LogP contribution in [0.15, 0.2) is 52.0 Å². The maximum absolute atomic E-state index is 13.0. The maximum atomic E-state index is 13.0. The molecular formula is C25H25N5O6. The van der Waals surface area contributed by atoms with Crippen molar-refractivity contribution in [1.29, 1.82) is 0 Å². The van der Waals surface area contributed by atoms with Crippen molar-refractivity contribution in [1.82, 2.24) is 0 Å². The van der Waals surface area contributed by atoms with Crippen LogP contribution >= 0.6 is 0 Å². The van der Waals surface area contributed by atoms with E-state index in [1.165, 1.54) is 17.7 Å². The van der Waals surface area contributed by atoms with Crippen LogP contribution in [0.25, 0.3) is 0 Å². The number of carbonyl (C=O) groups excluding carboxylic acids is 1. The highest BCUT2D eigenvalue weighted by Crippen LogP contribution is 2.32. The highest BCUT2D eigenvalue weighted by Gasteiger charge is 2.28. The van der Waals surface area contributed by atoms with Crippen LogP contribution < -0.4 is 10.7 Å². The van der Waals surface area contributed by atoms with E-state index in [2.05, 4.69) is 29.7 Å². The Balaban J connectivity index is 1.59. The van der Waals surface area contributed by atoms with Gasteiger partial charge in [-0.1, -0.05) is 26.0 Å². The summed E-state index contributed by atoms with van der Waals surface area (Å²) in [5, 5.41) is 29.6. The van der Waals surface area contributed by atoms with Gasteiger partial charge in [0.1, 0.15) is 11.4 Å². The predicted octanol–water partition coefficient (Wildman–Crippen LogP) is 5.93. The Morgan fingerprint density at radius 3 is 2.42 bits per heavy atom. The van der Waals surface area contributed by atoms with Crippen molar-refractivity contribution in [3.63, 3.8) is 0 Å². The summed E-state index contributed by atoms with van der Waals surface area (Å²) in [6, 6.07) is 10.9. The van der Waals surface area contributed by atoms with E-state index < -0.39 is 15.5 Å². The number of fused-ring (bicyclic) bond motifs is 1. The highest BCUT2D eigenvalue weighted by atomic mass is 16.6. The van der Waals surface area contributed by atoms with Gasteiger partial charge < -0.3 is 9.73 Å². The average molecular weight is 492 g/mol. The van der Waals surface area contributed by atoms with Crippen molar-refractivity contribution < 1.29 is 19.1 Å². The van der Waals surface area contributed by atoms with Crippen LogP contribution in [0, 0.1) is 27.2 Å². The number of amides is 1. The van der Waals surface area contributed by atoms with Gasteiger partial charge in [-0.2, -0.15) is 5.10 Å². The van der Waals surface area contributed by atoms with Crippen molar-refractivity contribution >= 4 is 34.4 Å². The van der Waals surface area contributed by atoms with Crippen molar-refractivity contribution in [3.05, 3.63) is 90.9 Å². The van der Waals surface area contributed by atoms with Crippen molar-refractivity contribution in [2.45, 2.75) is 46.0 Å². The van der Waals surface area contributed by atoms with E-state index in [0.29, 0.717) is 47.0 Å². The molecule has 11 nitrogen and oxygen atoms in total. The van der Waals surface area contributed by atoms with E-state index in [9.17, 15) is 25.0 Å². The Bertz CT molecular complexity index is 1370. The number of rotatable bonds is 7. The first-order chi connectivity index (χ1) is 17.2. The van der Waals surface area contributed by atoms with Gasteiger partial charge in [0, 0.05) is 29.3 Å². The second kappa shape index (κ2) is 9.98. The second-order valence-electron chi connectivity index (χ2n) is 8.82. The monoisotopic (exact) mass is 491 g/mol. The smallest absolute Gasteiger partial charge is 0.301 e. The van der Waals surface area contributed by atoms with Crippen LogP contribution in [0.4, 0.5) is 22.7 Å². The summed E-state index contributed by atoms with van der Waals surface area (Å²) in [6.45, 7) is 5.96. The number of furan rings is 1. The Labute approximate surface area is 206 Å². The van der Waals surface area contributed by atoms with Crippen LogP contribution in [0.1, 0.15) is 65.6 Å². The zero-order valence-corrected chi connectivity index (χ0v) is 20.0. The van der Waals surface area contributed by atoms with E-state index >= 15 is 0 Å². The molecule has 1 aliphatic rings. The molecule has 1 amide bonds. The Hall–Kier alpha value is -4.54. The molecule has 186 valence electrons. The lowest BCUT2D eigenvalue weighted by molar-refractivity contribution is -0.393. The number of anilines is 2. The molecule has 0 aliphatic heterocycles. The van der Waals surface area contributed by atoms with E-state index in [1.54, 1.807) is 6.92 Å². The molecule has 0 unspecified atom stereocenters. The van der Waals surface area contributed by atoms with Gasteiger partial charge in [0.15, 0.2) is 5.76 Å². The highest BCUT2D eigenvalue weighted by molar-refractivity contribution is 6.09. The summed E-state index contributed by atoms with van der Waals surface area (Å²) in [5.41, 5.74) is 5.57. The number of nitrogens with one attached hydrogen (secondary N) is 2. The summed E-state index contributed by atoms with van der Waals surface area (Å²) >= 11 is 0. The molecule has 36 heavy (non-hydrogen) atoms. The summed E-state index contributed by atoms with van der Waals surface area (Å²) in [7, 11) is 0. The molecule has 0 radical (unpaired) electrons. The number of aryl methyl sites for hydroxylation is 1. The minimum absolute atomic E-state index is 0.0224. The fraction of sp³-hybridized carbons (Fsp3) is 0.280. The number of benzene rings is 2. The molecule has 0 bridgehead atoms. The maximum Gasteiger partial charge on any atom is 0.301 e. The molecule has 1 aromatic heterocycles. The minimum atomic E-state index is -0.707. The van der Waals surface area contributed by atoms with E-state index in [0.717, 1.165) is 12.5 Å². The van der Waals surface area contributed by atoms with Crippen LogP contribution in [-0.2, 0) is 6.42 Å². The molecule has 4 rings (SSSR count). The zero-order valence-electron chi connectivity index (χ0n) is 20.0. The zero-order chi connectivity index (χ0) is 26.0. The largest absolute Gasteiger partial charge is 0.455 e. The second-order valence-corrected chi connectivity index (χ2v) is 8.82. The molecule has 11 heteroatoms. The quantitative estimate of drug-likeness (QED) is 0.306. The molecule has 2 aromatic carbocycles. The molecule has 3 aromatic rings. The number of nitrogens with zero attached hydrogens (tertiary/aromatic N) is 3. The minimum Gasteiger partial charge on any atom is -0.455 e. The first kappa shape index (κ1) is 24.6. The molecule has 0 saturated heterocycles. The van der Waals surface area contributed by atoms with Gasteiger partial charge in [0.05, 0.1) is 21.6 Å². The predicted molar refractivity (Wildman–Crippen MR) is 135 cm³/mol. The number of non-ortho nitro benzene ring substituents is 1. The molecule has 0 saturated carbocycles. The van der Waals surface area contributed by atoms with Gasteiger partial charge in [-0.05, 0) is 49.4 Å². The Morgan fingerprint density at radius 1 is 1.06 bits per heavy atom. The van der Waals surface area contributed by atoms with Gasteiger partial charge in [-0.25, -0.2) is 0 Å². The van der Waals surface area contributed by atoms with Gasteiger partial charge >= 0.3 is 5.69 Å². The number of hydrogen-bond donors (Lipinski definition) is 2. The molecule has 2 N–H and O–H groups in total. The summed E-state index contributed by atoms with van der Waals surface area (Å²) in [6.07, 6.45) is 1.92. The first-order valence-corrected chi connectivity index (χ1v) is 11.4. The number of hydrogen-bond acceptors (Lipinski definition) is 8. The normalized spacial score (nSPS) is 13.9. The average Bonchev–Trinajstić information content (AvgIpc) is 3.20. The Morgan fingerprint density at radius 2 is 1.78 bits per heavy atom. The van der Waals surface area contributed by atoms with Crippen molar-refractivity contribution in [2.24, 2.45) is 5.10 Å². The number of hydrazone groups is 1. The first-order valence-electron chi connectivity index (χ1n) is 11.4. The number of nitro benzene ring substituents is 2. The number of carbonyl (C=O) groups is 1. The third-order valence-electron chi connectivity index (χ3n) is 6.07. The topological polar surface area (TPSA) is 153 Å². The Kier molecular flexibility index (Phi) is 6.82. The van der Waals surface area contributed by atoms with Gasteiger partial charge in [-0.15, -0.1) is 0 Å². The van der Waals surface area contributed by atoms with Crippen LogP contribution in [0.5, 0.6) is 0 Å². The van der Waals surface area contributed by atoms with E-state index in [1.807, 2.05) is 24.3 Å². The summed E-state index contributed by atoms with van der Waals surface area (Å²) < 4.78 is 5.92. The molecular weight excluding hydrogens is 466 g/mol. The SMILES string of the molecule is Cc1c(C(=O)Nc2ccc(C(C)C)cc2)oc2c1/C(=N/Nc1ccc([N+](=O)[O-])cc1[N+](=O)[O-])CCC2. The lowest BCUT2D eigenvalue weighted by atomic mass is 9.93. The molecule has 0 spiro atoms. The summed E-state index contributed by atoms with van der Waals surface area (Å²) in [4.78, 5) is 34.0. The number of nitro groups is 2. The lowest BCUT2D eigenvalue weighted by Crippen LogP contribution is -2.14. The third-order valence-corrected chi connectivity index (χ3v) is 6.07. The van der Waals surface area contributed by atoms with Crippen LogP contribution in [0.3, 0.4) is 0 Å². The standard InChI is InChI=1S/C25H25N5O6/c1-14(2)16-7-9-17(10-8-16)26-25(31)24-15(3)23-20(5-4-6-22(23)36-24)28-27-19-12-11-18(29(32)33)13-21(19)30(34)35/h7-14,27H,4-6H2,1-3H3,(H,26,31)/b28-20+. The fourth-order valence-electron chi connectivity index (χ4n) is 4.14. The van der Waals surface area contributed by atoms with Crippen LogP contribution in [-0.4, -0.2) is 21.5 Å². The lowest BCUT2D eigenvalue weighted by Gasteiger charge is -2.13. The fourth-order valence-corrected chi connectivity index (χ4v) is 4.14. The third kappa shape index (κ3) is 4.95. The van der Waals surface area contributed by atoms with Gasteiger partial charge in [0.2, 0.25) is 0 Å². The van der Waals surface area contributed by atoms with Crippen molar-refractivity contribution in [3.8, 4) is 0 Å². The van der Waals surface area contributed by atoms with E-state index in [-0.39, 0.29) is 23.0 Å². The van der Waals surface area contributed by atoms with E-state index in [4.69, 9.17) is 4.42 Å².